The minimum Gasteiger partial charge on any atom is -0.342 e. The van der Waals surface area contributed by atoms with Crippen LogP contribution in [0.15, 0.2) is 58.7 Å². The number of likely N-dealkylation sites (tertiary alicyclic amines) is 1. The van der Waals surface area contributed by atoms with Crippen molar-refractivity contribution in [1.82, 2.24) is 14.8 Å². The van der Waals surface area contributed by atoms with E-state index in [1.165, 1.54) is 28.2 Å². The summed E-state index contributed by atoms with van der Waals surface area (Å²) >= 11 is 3.01. The van der Waals surface area contributed by atoms with Gasteiger partial charge in [-0.2, -0.15) is 0 Å². The maximum atomic E-state index is 13.1. The molecule has 1 fully saturated rings. The minimum atomic E-state index is 0.0815. The van der Waals surface area contributed by atoms with E-state index in [1.807, 2.05) is 57.9 Å². The van der Waals surface area contributed by atoms with Crippen molar-refractivity contribution in [1.29, 1.82) is 0 Å². The Morgan fingerprint density at radius 1 is 1.16 bits per heavy atom. The maximum absolute atomic E-state index is 13.1. The third-order valence-electron chi connectivity index (χ3n) is 6.09. The second kappa shape index (κ2) is 10.2. The molecule has 1 atom stereocenters. The maximum Gasteiger partial charge on any atom is 0.263 e. The van der Waals surface area contributed by atoms with Gasteiger partial charge >= 0.3 is 0 Å². The lowest BCUT2D eigenvalue weighted by Gasteiger charge is -2.40. The minimum absolute atomic E-state index is 0.0815. The van der Waals surface area contributed by atoms with Crippen LogP contribution in [0.3, 0.4) is 0 Å². The summed E-state index contributed by atoms with van der Waals surface area (Å²) in [5, 5.41) is 3.88. The molecule has 162 valence electrons. The van der Waals surface area contributed by atoms with Crippen LogP contribution in [-0.2, 0) is 17.6 Å². The number of carbonyl (C=O) groups is 2. The van der Waals surface area contributed by atoms with Crippen LogP contribution >= 0.6 is 22.7 Å². The summed E-state index contributed by atoms with van der Waals surface area (Å²) in [4.78, 5) is 34.6. The lowest BCUT2D eigenvalue weighted by atomic mass is 9.84. The third-order valence-corrected chi connectivity index (χ3v) is 7.58. The first-order valence-corrected chi connectivity index (χ1v) is 12.4. The molecule has 0 aliphatic carbocycles. The zero-order valence-electron chi connectivity index (χ0n) is 17.6. The highest BCUT2D eigenvalue weighted by Crippen LogP contribution is 2.28. The Labute approximate surface area is 191 Å². The van der Waals surface area contributed by atoms with Crippen molar-refractivity contribution in [3.63, 3.8) is 0 Å². The van der Waals surface area contributed by atoms with Crippen LogP contribution < -0.4 is 0 Å². The number of hydrogen-bond donors (Lipinski definition) is 0. The molecule has 3 aromatic rings. The Hall–Kier alpha value is -2.51. The van der Waals surface area contributed by atoms with Crippen LogP contribution in [-0.4, -0.2) is 52.8 Å². The summed E-state index contributed by atoms with van der Waals surface area (Å²) in [5.41, 5.74) is 3.85. The number of thiophene rings is 1. The van der Waals surface area contributed by atoms with Gasteiger partial charge in [-0.15, -0.1) is 22.7 Å². The predicted molar refractivity (Wildman–Crippen MR) is 125 cm³/mol. The number of piperidine rings is 1. The highest BCUT2D eigenvalue weighted by atomic mass is 32.1. The monoisotopic (exact) mass is 453 g/mol. The Bertz CT molecular complexity index is 966. The molecule has 0 unspecified atom stereocenters. The number of carbonyl (C=O) groups excluding carboxylic acids is 2. The van der Waals surface area contributed by atoms with Crippen molar-refractivity contribution in [3.05, 3.63) is 74.9 Å². The predicted octanol–water partition coefficient (Wildman–Crippen LogP) is 4.37. The van der Waals surface area contributed by atoms with Crippen LogP contribution in [0.4, 0.5) is 0 Å². The molecule has 5 nitrogen and oxygen atoms in total. The molecule has 3 heterocycles. The van der Waals surface area contributed by atoms with Crippen LogP contribution in [0.1, 0.15) is 33.8 Å². The number of likely N-dealkylation sites (N-methyl/N-ethyl adjacent to an activating group) is 1. The molecule has 7 heteroatoms. The SMILES string of the molecule is CN(C(=O)c1cccs1)[C@@H](Cc1ccccc1)C1CCN(C(=O)Cc2cscn2)CC1. The molecule has 0 saturated carbocycles. The van der Waals surface area contributed by atoms with Gasteiger partial charge in [-0.1, -0.05) is 36.4 Å². The number of nitrogens with zero attached hydrogens (tertiary/aromatic N) is 3. The van der Waals surface area contributed by atoms with Crippen molar-refractivity contribution >= 4 is 34.5 Å². The Morgan fingerprint density at radius 3 is 2.58 bits per heavy atom. The lowest BCUT2D eigenvalue weighted by Crippen LogP contribution is -2.48. The van der Waals surface area contributed by atoms with Crippen molar-refractivity contribution in [3.8, 4) is 0 Å². The zero-order chi connectivity index (χ0) is 21.6. The normalized spacial score (nSPS) is 15.6. The quantitative estimate of drug-likeness (QED) is 0.534. The summed E-state index contributed by atoms with van der Waals surface area (Å²) < 4.78 is 0. The second-order valence-corrected chi connectivity index (χ2v) is 9.69. The Morgan fingerprint density at radius 2 is 1.94 bits per heavy atom. The van der Waals surface area contributed by atoms with E-state index >= 15 is 0 Å². The second-order valence-electron chi connectivity index (χ2n) is 8.03. The number of rotatable bonds is 7. The molecule has 2 amide bonds. The average molecular weight is 454 g/mol. The van der Waals surface area contributed by atoms with E-state index in [9.17, 15) is 9.59 Å². The molecule has 0 radical (unpaired) electrons. The molecule has 31 heavy (non-hydrogen) atoms. The van der Waals surface area contributed by atoms with Gasteiger partial charge in [-0.25, -0.2) is 4.98 Å². The largest absolute Gasteiger partial charge is 0.342 e. The molecule has 0 bridgehead atoms. The van der Waals surface area contributed by atoms with Crippen molar-refractivity contribution < 1.29 is 9.59 Å². The zero-order valence-corrected chi connectivity index (χ0v) is 19.3. The summed E-state index contributed by atoms with van der Waals surface area (Å²) in [5.74, 6) is 0.586. The van der Waals surface area contributed by atoms with E-state index < -0.39 is 0 Å². The van der Waals surface area contributed by atoms with E-state index in [0.717, 1.165) is 42.9 Å². The topological polar surface area (TPSA) is 53.5 Å². The Balaban J connectivity index is 1.44. The van der Waals surface area contributed by atoms with Gasteiger partial charge in [0, 0.05) is 31.6 Å². The smallest absolute Gasteiger partial charge is 0.263 e. The van der Waals surface area contributed by atoms with Crippen LogP contribution in [0.2, 0.25) is 0 Å². The highest BCUT2D eigenvalue weighted by molar-refractivity contribution is 7.12. The van der Waals surface area contributed by atoms with E-state index in [-0.39, 0.29) is 17.9 Å². The van der Waals surface area contributed by atoms with E-state index in [0.29, 0.717) is 12.3 Å². The first kappa shape index (κ1) is 21.7. The molecule has 4 rings (SSSR count). The van der Waals surface area contributed by atoms with E-state index in [1.54, 1.807) is 5.51 Å². The van der Waals surface area contributed by atoms with Crippen molar-refractivity contribution in [2.24, 2.45) is 5.92 Å². The molecule has 0 spiro atoms. The van der Waals surface area contributed by atoms with Crippen LogP contribution in [0.5, 0.6) is 0 Å². The first-order chi connectivity index (χ1) is 15.1. The average Bonchev–Trinajstić information content (AvgIpc) is 3.52. The van der Waals surface area contributed by atoms with Gasteiger partial charge < -0.3 is 9.80 Å². The fraction of sp³-hybridized carbons (Fsp3) is 0.375. The standard InChI is InChI=1S/C24H27N3O2S2/c1-26(24(29)22-8-5-13-31-22)21(14-18-6-3-2-4-7-18)19-9-11-27(12-10-19)23(28)15-20-16-30-17-25-20/h2-8,13,16-17,19,21H,9-12,14-15H2,1H3/t21-/m0/s1. The van der Waals surface area contributed by atoms with Crippen molar-refractivity contribution in [2.45, 2.75) is 31.7 Å². The third kappa shape index (κ3) is 5.40. The lowest BCUT2D eigenvalue weighted by molar-refractivity contribution is -0.132. The van der Waals surface area contributed by atoms with Crippen molar-refractivity contribution in [2.75, 3.05) is 20.1 Å². The van der Waals surface area contributed by atoms with Gasteiger partial charge in [0.2, 0.25) is 5.91 Å². The first-order valence-electron chi connectivity index (χ1n) is 10.6. The molecule has 1 aliphatic heterocycles. The summed E-state index contributed by atoms with van der Waals surface area (Å²) in [6.07, 6.45) is 3.01. The molecule has 0 N–H and O–H groups in total. The van der Waals surface area contributed by atoms with E-state index in [4.69, 9.17) is 0 Å². The van der Waals surface area contributed by atoms with Gasteiger partial charge in [0.1, 0.15) is 0 Å². The summed E-state index contributed by atoms with van der Waals surface area (Å²) in [6.45, 7) is 1.47. The van der Waals surface area contributed by atoms with Crippen LogP contribution in [0, 0.1) is 5.92 Å². The number of amides is 2. The molecule has 1 aliphatic rings. The highest BCUT2D eigenvalue weighted by Gasteiger charge is 2.33. The summed E-state index contributed by atoms with van der Waals surface area (Å²) in [6, 6.07) is 14.3. The fourth-order valence-electron chi connectivity index (χ4n) is 4.33. The van der Waals surface area contributed by atoms with Gasteiger partial charge in [0.05, 0.1) is 22.5 Å². The molecule has 1 saturated heterocycles. The number of hydrogen-bond acceptors (Lipinski definition) is 5. The molecular formula is C24H27N3O2S2. The number of benzene rings is 1. The fourth-order valence-corrected chi connectivity index (χ4v) is 5.59. The molecule has 2 aromatic heterocycles. The number of thiazole rings is 1. The molecular weight excluding hydrogens is 426 g/mol. The number of aromatic nitrogens is 1. The van der Waals surface area contributed by atoms with Gasteiger partial charge in [0.25, 0.3) is 5.91 Å². The molecule has 1 aromatic carbocycles. The Kier molecular flexibility index (Phi) is 7.14. The summed E-state index contributed by atoms with van der Waals surface area (Å²) in [7, 11) is 1.93. The van der Waals surface area contributed by atoms with E-state index in [2.05, 4.69) is 17.1 Å². The van der Waals surface area contributed by atoms with Crippen LogP contribution in [0.25, 0.3) is 0 Å². The van der Waals surface area contributed by atoms with Gasteiger partial charge in [0.15, 0.2) is 0 Å². The van der Waals surface area contributed by atoms with Gasteiger partial charge in [-0.05, 0) is 42.2 Å². The van der Waals surface area contributed by atoms with Gasteiger partial charge in [-0.3, -0.25) is 9.59 Å².